The van der Waals surface area contributed by atoms with Gasteiger partial charge in [0.25, 0.3) is 0 Å². The maximum atomic E-state index is 9.43. The minimum atomic E-state index is -0.0279. The van der Waals surface area contributed by atoms with Gasteiger partial charge < -0.3 is 15.2 Å². The summed E-state index contributed by atoms with van der Waals surface area (Å²) >= 11 is 0. The Morgan fingerprint density at radius 2 is 2.05 bits per heavy atom. The van der Waals surface area contributed by atoms with Gasteiger partial charge in [0, 0.05) is 0 Å². The third-order valence-electron chi connectivity index (χ3n) is 3.82. The predicted octanol–water partition coefficient (Wildman–Crippen LogP) is 3.14. The second-order valence-corrected chi connectivity index (χ2v) is 5.36. The number of nitriles is 1. The normalized spacial score (nSPS) is 21.3. The van der Waals surface area contributed by atoms with Crippen molar-refractivity contribution in [2.45, 2.75) is 25.8 Å². The molecule has 1 aromatic carbocycles. The molecule has 2 N–H and O–H groups in total. The van der Waals surface area contributed by atoms with Crippen LogP contribution in [0.5, 0.6) is 5.75 Å². The van der Waals surface area contributed by atoms with Crippen LogP contribution < -0.4 is 5.32 Å². The lowest BCUT2D eigenvalue weighted by Gasteiger charge is -2.26. The minimum Gasteiger partial charge on any atom is -0.508 e. The quantitative estimate of drug-likeness (QED) is 0.890. The molecule has 1 aromatic rings. The summed E-state index contributed by atoms with van der Waals surface area (Å²) in [6.07, 6.45) is 4.39. The van der Waals surface area contributed by atoms with Crippen molar-refractivity contribution in [3.63, 3.8) is 0 Å². The SMILES string of the molecule is CCOC1=C(C#N)C(C2CC2)=CC(c2ccc(O)cc2)N1. The van der Waals surface area contributed by atoms with Crippen molar-refractivity contribution >= 4 is 0 Å². The highest BCUT2D eigenvalue weighted by molar-refractivity contribution is 5.51. The van der Waals surface area contributed by atoms with E-state index in [0.717, 1.165) is 24.0 Å². The van der Waals surface area contributed by atoms with E-state index in [1.54, 1.807) is 12.1 Å². The van der Waals surface area contributed by atoms with Crippen LogP contribution in [0.25, 0.3) is 0 Å². The Morgan fingerprint density at radius 3 is 2.62 bits per heavy atom. The molecule has 1 heterocycles. The van der Waals surface area contributed by atoms with Gasteiger partial charge >= 0.3 is 0 Å². The first-order chi connectivity index (χ1) is 10.2. The molecule has 1 saturated carbocycles. The van der Waals surface area contributed by atoms with Gasteiger partial charge in [0.1, 0.15) is 17.4 Å². The summed E-state index contributed by atoms with van der Waals surface area (Å²) in [7, 11) is 0. The first-order valence-electron chi connectivity index (χ1n) is 7.27. The monoisotopic (exact) mass is 282 g/mol. The fourth-order valence-electron chi connectivity index (χ4n) is 2.62. The summed E-state index contributed by atoms with van der Waals surface area (Å²) in [5.41, 5.74) is 2.77. The zero-order valence-corrected chi connectivity index (χ0v) is 12.0. The Hall–Kier alpha value is -2.41. The lowest BCUT2D eigenvalue weighted by Crippen LogP contribution is -2.27. The highest BCUT2D eigenvalue weighted by Crippen LogP contribution is 2.43. The smallest absolute Gasteiger partial charge is 0.206 e. The number of phenols is 1. The highest BCUT2D eigenvalue weighted by atomic mass is 16.5. The van der Waals surface area contributed by atoms with Gasteiger partial charge in [-0.2, -0.15) is 5.26 Å². The van der Waals surface area contributed by atoms with Gasteiger partial charge in [-0.3, -0.25) is 0 Å². The number of rotatable bonds is 4. The third-order valence-corrected chi connectivity index (χ3v) is 3.82. The van der Waals surface area contributed by atoms with Gasteiger partial charge in [0.05, 0.1) is 12.6 Å². The van der Waals surface area contributed by atoms with Crippen molar-refractivity contribution in [1.82, 2.24) is 5.32 Å². The van der Waals surface area contributed by atoms with Gasteiger partial charge in [-0.05, 0) is 49.0 Å². The summed E-state index contributed by atoms with van der Waals surface area (Å²) in [6.45, 7) is 2.43. The van der Waals surface area contributed by atoms with E-state index in [-0.39, 0.29) is 11.8 Å². The molecule has 0 bridgehead atoms. The lowest BCUT2D eigenvalue weighted by molar-refractivity contribution is 0.197. The van der Waals surface area contributed by atoms with Crippen LogP contribution in [-0.4, -0.2) is 11.7 Å². The molecule has 1 aliphatic heterocycles. The summed E-state index contributed by atoms with van der Waals surface area (Å²) < 4.78 is 5.63. The standard InChI is InChI=1S/C17H18N2O2/c1-2-21-17-15(10-18)14(11-3-4-11)9-16(19-17)12-5-7-13(20)8-6-12/h5-9,11,16,19-20H,2-4H2,1H3. The molecule has 4 nitrogen and oxygen atoms in total. The van der Waals surface area contributed by atoms with Crippen LogP contribution in [0.2, 0.25) is 0 Å². The molecule has 108 valence electrons. The van der Waals surface area contributed by atoms with Gasteiger partial charge in [0.15, 0.2) is 0 Å². The van der Waals surface area contributed by atoms with Crippen molar-refractivity contribution < 1.29 is 9.84 Å². The van der Waals surface area contributed by atoms with E-state index < -0.39 is 0 Å². The number of phenolic OH excluding ortho intramolecular Hbond substituents is 1. The van der Waals surface area contributed by atoms with Crippen molar-refractivity contribution in [1.29, 1.82) is 5.26 Å². The zero-order valence-electron chi connectivity index (χ0n) is 12.0. The van der Waals surface area contributed by atoms with E-state index in [2.05, 4.69) is 17.5 Å². The fourth-order valence-corrected chi connectivity index (χ4v) is 2.62. The van der Waals surface area contributed by atoms with Crippen LogP contribution in [0.1, 0.15) is 31.4 Å². The van der Waals surface area contributed by atoms with Gasteiger partial charge in [0.2, 0.25) is 5.88 Å². The van der Waals surface area contributed by atoms with E-state index in [4.69, 9.17) is 4.74 Å². The number of dihydropyridines is 1. The molecule has 1 aliphatic carbocycles. The van der Waals surface area contributed by atoms with E-state index in [1.807, 2.05) is 19.1 Å². The number of aromatic hydroxyl groups is 1. The molecule has 1 unspecified atom stereocenters. The molecule has 0 amide bonds. The van der Waals surface area contributed by atoms with E-state index >= 15 is 0 Å². The number of allylic oxidation sites excluding steroid dienone is 2. The molecule has 4 heteroatoms. The van der Waals surface area contributed by atoms with Crippen LogP contribution >= 0.6 is 0 Å². The van der Waals surface area contributed by atoms with Crippen molar-refractivity contribution in [2.75, 3.05) is 6.61 Å². The second-order valence-electron chi connectivity index (χ2n) is 5.36. The topological polar surface area (TPSA) is 65.3 Å². The van der Waals surface area contributed by atoms with Crippen molar-refractivity contribution in [3.05, 3.63) is 52.9 Å². The van der Waals surface area contributed by atoms with Crippen molar-refractivity contribution in [2.24, 2.45) is 5.92 Å². The van der Waals surface area contributed by atoms with Crippen molar-refractivity contribution in [3.8, 4) is 11.8 Å². The van der Waals surface area contributed by atoms with E-state index in [9.17, 15) is 10.4 Å². The average Bonchev–Trinajstić information content (AvgIpc) is 3.32. The summed E-state index contributed by atoms with van der Waals surface area (Å²) in [4.78, 5) is 0. The first kappa shape index (κ1) is 13.6. The third kappa shape index (κ3) is 2.73. The molecule has 1 atom stereocenters. The molecule has 1 fully saturated rings. The molecule has 0 saturated heterocycles. The Kier molecular flexibility index (Phi) is 3.57. The molecule has 21 heavy (non-hydrogen) atoms. The molecule has 0 spiro atoms. The summed E-state index contributed by atoms with van der Waals surface area (Å²) in [5, 5.41) is 22.1. The molecule has 2 aliphatic rings. The Bertz CT molecular complexity index is 634. The zero-order chi connectivity index (χ0) is 14.8. The fraction of sp³-hybridized carbons (Fsp3) is 0.353. The van der Waals surface area contributed by atoms with E-state index in [1.165, 1.54) is 0 Å². The molecule has 0 aromatic heterocycles. The lowest BCUT2D eigenvalue weighted by atomic mass is 9.93. The second kappa shape index (κ2) is 5.53. The van der Waals surface area contributed by atoms with Crippen LogP contribution in [0, 0.1) is 17.2 Å². The van der Waals surface area contributed by atoms with Gasteiger partial charge in [-0.15, -0.1) is 0 Å². The van der Waals surface area contributed by atoms with Crippen LogP contribution in [0.15, 0.2) is 47.4 Å². The van der Waals surface area contributed by atoms with Gasteiger partial charge in [-0.25, -0.2) is 0 Å². The maximum absolute atomic E-state index is 9.43. The molecule has 0 radical (unpaired) electrons. The maximum Gasteiger partial charge on any atom is 0.206 e. The minimum absolute atomic E-state index is 0.0279. The molecule has 3 rings (SSSR count). The summed E-state index contributed by atoms with van der Waals surface area (Å²) in [6, 6.07) is 9.36. The summed E-state index contributed by atoms with van der Waals surface area (Å²) in [5.74, 6) is 1.30. The first-order valence-corrected chi connectivity index (χ1v) is 7.27. The van der Waals surface area contributed by atoms with Gasteiger partial charge in [-0.1, -0.05) is 18.2 Å². The average molecular weight is 282 g/mol. The number of ether oxygens (including phenoxy) is 1. The Labute approximate surface area is 124 Å². The number of hydrogen-bond donors (Lipinski definition) is 2. The largest absolute Gasteiger partial charge is 0.508 e. The van der Waals surface area contributed by atoms with Crippen LogP contribution in [0.4, 0.5) is 0 Å². The molecular weight excluding hydrogens is 264 g/mol. The van der Waals surface area contributed by atoms with E-state index in [0.29, 0.717) is 24.0 Å². The number of hydrogen-bond acceptors (Lipinski definition) is 4. The Balaban J connectivity index is 1.96. The van der Waals surface area contributed by atoms with Crippen LogP contribution in [-0.2, 0) is 4.74 Å². The number of nitrogens with one attached hydrogen (secondary N) is 1. The molecular formula is C17H18N2O2. The number of benzene rings is 1. The predicted molar refractivity (Wildman–Crippen MR) is 79.1 cm³/mol. The number of nitrogens with zero attached hydrogens (tertiary/aromatic N) is 1. The Morgan fingerprint density at radius 1 is 1.33 bits per heavy atom. The highest BCUT2D eigenvalue weighted by Gasteiger charge is 2.34. The van der Waals surface area contributed by atoms with Crippen LogP contribution in [0.3, 0.4) is 0 Å².